The van der Waals surface area contributed by atoms with Crippen LogP contribution in [0.15, 0.2) is 0 Å². The summed E-state index contributed by atoms with van der Waals surface area (Å²) in [5, 5.41) is 6.93. The van der Waals surface area contributed by atoms with Gasteiger partial charge < -0.3 is 10.6 Å². The maximum atomic E-state index is 12.3. The summed E-state index contributed by atoms with van der Waals surface area (Å²) in [5.41, 5.74) is 7.70. The van der Waals surface area contributed by atoms with E-state index in [1.165, 1.54) is 0 Å². The Bertz CT molecular complexity index is 398. The van der Waals surface area contributed by atoms with Crippen molar-refractivity contribution < 1.29 is 4.79 Å². The molecule has 1 rings (SSSR count). The number of rotatable bonds is 6. The number of nitrogens with one attached hydrogen (secondary N) is 1. The second-order valence-electron chi connectivity index (χ2n) is 4.95. The molecule has 0 aromatic carbocycles. The van der Waals surface area contributed by atoms with E-state index >= 15 is 0 Å². The van der Waals surface area contributed by atoms with Gasteiger partial charge in [-0.15, -0.1) is 0 Å². The van der Waals surface area contributed by atoms with E-state index in [4.69, 9.17) is 5.73 Å². The number of anilines is 1. The SMILES string of the molecule is CCCc1[nH]nc(C(=O)N(CC)CC(C)C)c1N. The lowest BCUT2D eigenvalue weighted by Crippen LogP contribution is -2.34. The number of carbonyl (C=O) groups is 1. The Balaban J connectivity index is 2.88. The Kier molecular flexibility index (Phi) is 5.19. The Morgan fingerprint density at radius 2 is 2.11 bits per heavy atom. The number of amides is 1. The fourth-order valence-corrected chi connectivity index (χ4v) is 1.94. The molecule has 5 heteroatoms. The van der Waals surface area contributed by atoms with Gasteiger partial charge >= 0.3 is 0 Å². The van der Waals surface area contributed by atoms with Crippen molar-refractivity contribution in [1.82, 2.24) is 15.1 Å². The predicted molar refractivity (Wildman–Crippen MR) is 73.4 cm³/mol. The summed E-state index contributed by atoms with van der Waals surface area (Å²) in [4.78, 5) is 14.1. The number of aromatic amines is 1. The summed E-state index contributed by atoms with van der Waals surface area (Å²) in [7, 11) is 0. The molecule has 102 valence electrons. The molecule has 1 heterocycles. The number of hydrogen-bond acceptors (Lipinski definition) is 3. The third-order valence-corrected chi connectivity index (χ3v) is 2.84. The third-order valence-electron chi connectivity index (χ3n) is 2.84. The number of H-pyrrole nitrogens is 1. The summed E-state index contributed by atoms with van der Waals surface area (Å²) in [6.07, 6.45) is 1.80. The molecule has 0 aliphatic rings. The lowest BCUT2D eigenvalue weighted by atomic mass is 10.1. The first kappa shape index (κ1) is 14.5. The topological polar surface area (TPSA) is 75.0 Å². The minimum atomic E-state index is -0.0812. The Morgan fingerprint density at radius 1 is 1.44 bits per heavy atom. The lowest BCUT2D eigenvalue weighted by Gasteiger charge is -2.22. The van der Waals surface area contributed by atoms with Gasteiger partial charge in [0.25, 0.3) is 5.91 Å². The number of nitrogens with zero attached hydrogens (tertiary/aromatic N) is 2. The molecule has 0 aliphatic carbocycles. The van der Waals surface area contributed by atoms with Crippen molar-refractivity contribution in [3.63, 3.8) is 0 Å². The number of aromatic nitrogens is 2. The van der Waals surface area contributed by atoms with Crippen LogP contribution in [0.25, 0.3) is 0 Å². The largest absolute Gasteiger partial charge is 0.395 e. The highest BCUT2D eigenvalue weighted by Gasteiger charge is 2.22. The van der Waals surface area contributed by atoms with E-state index in [2.05, 4.69) is 31.0 Å². The number of carbonyl (C=O) groups excluding carboxylic acids is 1. The van der Waals surface area contributed by atoms with Crippen molar-refractivity contribution in [3.05, 3.63) is 11.4 Å². The van der Waals surface area contributed by atoms with Crippen molar-refractivity contribution in [2.24, 2.45) is 5.92 Å². The quantitative estimate of drug-likeness (QED) is 0.813. The standard InChI is InChI=1S/C13H24N4O/c1-5-7-10-11(14)12(16-15-10)13(18)17(6-2)8-9(3)4/h9H,5-8,14H2,1-4H3,(H,15,16). The van der Waals surface area contributed by atoms with Crippen LogP contribution in [0, 0.1) is 5.92 Å². The predicted octanol–water partition coefficient (Wildman–Crippen LogP) is 2.06. The fraction of sp³-hybridized carbons (Fsp3) is 0.692. The van der Waals surface area contributed by atoms with E-state index in [0.29, 0.717) is 23.8 Å². The van der Waals surface area contributed by atoms with Crippen LogP contribution in [0.4, 0.5) is 5.69 Å². The molecule has 1 amide bonds. The second kappa shape index (κ2) is 6.42. The number of hydrogen-bond donors (Lipinski definition) is 2. The molecular weight excluding hydrogens is 228 g/mol. The molecule has 0 saturated carbocycles. The van der Waals surface area contributed by atoms with E-state index in [9.17, 15) is 4.79 Å². The van der Waals surface area contributed by atoms with E-state index in [1.807, 2.05) is 6.92 Å². The summed E-state index contributed by atoms with van der Waals surface area (Å²) >= 11 is 0. The van der Waals surface area contributed by atoms with Crippen LogP contribution in [0.3, 0.4) is 0 Å². The van der Waals surface area contributed by atoms with Crippen LogP contribution >= 0.6 is 0 Å². The van der Waals surface area contributed by atoms with Gasteiger partial charge in [0.2, 0.25) is 0 Å². The van der Waals surface area contributed by atoms with E-state index in [1.54, 1.807) is 4.90 Å². The fourth-order valence-electron chi connectivity index (χ4n) is 1.94. The Morgan fingerprint density at radius 3 is 2.61 bits per heavy atom. The average molecular weight is 252 g/mol. The molecule has 0 saturated heterocycles. The molecule has 0 atom stereocenters. The highest BCUT2D eigenvalue weighted by atomic mass is 16.2. The van der Waals surface area contributed by atoms with Crippen molar-refractivity contribution in [1.29, 1.82) is 0 Å². The number of aryl methyl sites for hydroxylation is 1. The van der Waals surface area contributed by atoms with Crippen molar-refractivity contribution >= 4 is 11.6 Å². The third kappa shape index (κ3) is 3.24. The lowest BCUT2D eigenvalue weighted by molar-refractivity contribution is 0.0741. The highest BCUT2D eigenvalue weighted by Crippen LogP contribution is 2.18. The van der Waals surface area contributed by atoms with Crippen LogP contribution < -0.4 is 5.73 Å². The van der Waals surface area contributed by atoms with Crippen molar-refractivity contribution in [3.8, 4) is 0 Å². The van der Waals surface area contributed by atoms with E-state index in [-0.39, 0.29) is 5.91 Å². The van der Waals surface area contributed by atoms with Gasteiger partial charge in [-0.3, -0.25) is 9.89 Å². The van der Waals surface area contributed by atoms with Gasteiger partial charge in [-0.05, 0) is 19.3 Å². The van der Waals surface area contributed by atoms with Crippen LogP contribution in [0.5, 0.6) is 0 Å². The van der Waals surface area contributed by atoms with Gasteiger partial charge in [-0.2, -0.15) is 5.10 Å². The van der Waals surface area contributed by atoms with Gasteiger partial charge in [-0.1, -0.05) is 27.2 Å². The molecular formula is C13H24N4O. The molecule has 0 unspecified atom stereocenters. The summed E-state index contributed by atoms with van der Waals surface area (Å²) in [6.45, 7) is 9.62. The van der Waals surface area contributed by atoms with Gasteiger partial charge in [0.15, 0.2) is 5.69 Å². The first-order valence-electron chi connectivity index (χ1n) is 6.63. The van der Waals surface area contributed by atoms with Gasteiger partial charge in [0.05, 0.1) is 11.4 Å². The molecule has 0 bridgehead atoms. The zero-order valence-electron chi connectivity index (χ0n) is 11.8. The Labute approximate surface area is 109 Å². The molecule has 0 radical (unpaired) electrons. The van der Waals surface area contributed by atoms with Crippen LogP contribution in [-0.4, -0.2) is 34.1 Å². The van der Waals surface area contributed by atoms with Crippen molar-refractivity contribution in [2.45, 2.75) is 40.5 Å². The molecule has 18 heavy (non-hydrogen) atoms. The zero-order valence-corrected chi connectivity index (χ0v) is 11.8. The molecule has 1 aromatic heterocycles. The summed E-state index contributed by atoms with van der Waals surface area (Å²) in [5.74, 6) is 0.353. The monoisotopic (exact) mass is 252 g/mol. The van der Waals surface area contributed by atoms with Gasteiger partial charge in [0.1, 0.15) is 0 Å². The first-order chi connectivity index (χ1) is 8.51. The number of nitrogen functional groups attached to an aromatic ring is 1. The Hall–Kier alpha value is -1.52. The van der Waals surface area contributed by atoms with Crippen LogP contribution in [0.2, 0.25) is 0 Å². The average Bonchev–Trinajstić information content (AvgIpc) is 2.67. The second-order valence-corrected chi connectivity index (χ2v) is 4.95. The maximum absolute atomic E-state index is 12.3. The smallest absolute Gasteiger partial charge is 0.276 e. The minimum absolute atomic E-state index is 0.0812. The molecule has 5 nitrogen and oxygen atoms in total. The highest BCUT2D eigenvalue weighted by molar-refractivity contribution is 5.97. The van der Waals surface area contributed by atoms with Gasteiger partial charge in [-0.25, -0.2) is 0 Å². The van der Waals surface area contributed by atoms with Crippen LogP contribution in [-0.2, 0) is 6.42 Å². The zero-order chi connectivity index (χ0) is 13.7. The van der Waals surface area contributed by atoms with E-state index in [0.717, 1.165) is 25.1 Å². The maximum Gasteiger partial charge on any atom is 0.276 e. The molecule has 3 N–H and O–H groups in total. The summed E-state index contributed by atoms with van der Waals surface area (Å²) in [6, 6.07) is 0. The molecule has 0 aliphatic heterocycles. The van der Waals surface area contributed by atoms with Crippen molar-refractivity contribution in [2.75, 3.05) is 18.8 Å². The summed E-state index contributed by atoms with van der Waals surface area (Å²) < 4.78 is 0. The first-order valence-corrected chi connectivity index (χ1v) is 6.63. The number of nitrogens with two attached hydrogens (primary N) is 1. The van der Waals surface area contributed by atoms with Crippen LogP contribution in [0.1, 0.15) is 50.3 Å². The normalized spacial score (nSPS) is 10.9. The van der Waals surface area contributed by atoms with E-state index < -0.39 is 0 Å². The minimum Gasteiger partial charge on any atom is -0.395 e. The van der Waals surface area contributed by atoms with Gasteiger partial charge in [0, 0.05) is 13.1 Å². The molecule has 1 aromatic rings. The molecule has 0 spiro atoms. The molecule has 0 fully saturated rings.